The number of hydrogen-bond acceptors (Lipinski definition) is 4. The second-order valence-electron chi connectivity index (χ2n) is 8.73. The minimum absolute atomic E-state index is 0.0158. The number of rotatable bonds is 6. The molecule has 6 nitrogen and oxygen atoms in total. The quantitative estimate of drug-likeness (QED) is 0.463. The summed E-state index contributed by atoms with van der Waals surface area (Å²) in [6.07, 6.45) is -16.8. The lowest BCUT2D eigenvalue weighted by Gasteiger charge is -2.19. The van der Waals surface area contributed by atoms with E-state index in [0.717, 1.165) is 0 Å². The minimum atomic E-state index is -6.15. The molecule has 2 aromatic rings. The van der Waals surface area contributed by atoms with Gasteiger partial charge in [0.2, 0.25) is 0 Å². The third-order valence-electron chi connectivity index (χ3n) is 5.49. The predicted octanol–water partition coefficient (Wildman–Crippen LogP) is 5.05. The van der Waals surface area contributed by atoms with Crippen molar-refractivity contribution in [2.24, 2.45) is 14.1 Å². The molecule has 0 saturated carbocycles. The fraction of sp³-hybridized carbons (Fsp3) is 0.684. The SMILES string of the molecule is Cn1nc(C[C@@H]2OC(C)(C)O[C@H]2Cc2nn(C)c(C(F)(F)C(F)(F)F)c2F)c(F)c1C(F)(F)C(F)(F)F. The molecule has 1 aliphatic heterocycles. The monoisotopic (exact) mass is 562 g/mol. The predicted molar refractivity (Wildman–Crippen MR) is 97.5 cm³/mol. The highest BCUT2D eigenvalue weighted by atomic mass is 19.4. The number of aromatic nitrogens is 4. The van der Waals surface area contributed by atoms with Crippen LogP contribution in [0.4, 0.5) is 52.7 Å². The van der Waals surface area contributed by atoms with Crippen molar-refractivity contribution in [3.05, 3.63) is 34.4 Å². The standard InChI is InChI=1S/C19H18F12N4O2/c1-15(2)36-9(5-7-11(20)13(34(3)32-7)16(22,23)18(26,27)28)10(37-15)6-8-12(21)14(35(4)33-8)17(24,25)19(29,30)31/h9-10H,5-6H2,1-4H3/t9-,10-/m0/s1. The Labute approximate surface area is 200 Å². The molecule has 0 bridgehead atoms. The van der Waals surface area contributed by atoms with Gasteiger partial charge in [-0.05, 0) is 13.8 Å². The zero-order valence-electron chi connectivity index (χ0n) is 19.2. The number of nitrogens with zero attached hydrogens (tertiary/aromatic N) is 4. The number of aryl methyl sites for hydroxylation is 2. The summed E-state index contributed by atoms with van der Waals surface area (Å²) in [6.45, 7) is 2.58. The molecule has 0 aromatic carbocycles. The first-order valence-corrected chi connectivity index (χ1v) is 10.2. The van der Waals surface area contributed by atoms with Crippen LogP contribution in [0, 0.1) is 11.6 Å². The van der Waals surface area contributed by atoms with Gasteiger partial charge < -0.3 is 9.47 Å². The van der Waals surface area contributed by atoms with E-state index in [4.69, 9.17) is 9.47 Å². The Kier molecular flexibility index (Phi) is 6.89. The van der Waals surface area contributed by atoms with Gasteiger partial charge in [-0.25, -0.2) is 8.78 Å². The Balaban J connectivity index is 1.94. The molecule has 3 heterocycles. The van der Waals surface area contributed by atoms with Crippen LogP contribution in [0.15, 0.2) is 0 Å². The second kappa shape index (κ2) is 8.78. The smallest absolute Gasteiger partial charge is 0.344 e. The van der Waals surface area contributed by atoms with Crippen LogP contribution in [0.1, 0.15) is 36.6 Å². The number of halogens is 12. The fourth-order valence-corrected chi connectivity index (χ4v) is 3.95. The van der Waals surface area contributed by atoms with E-state index in [1.165, 1.54) is 13.8 Å². The lowest BCUT2D eigenvalue weighted by molar-refractivity contribution is -0.293. The second-order valence-corrected chi connectivity index (χ2v) is 8.73. The fourth-order valence-electron chi connectivity index (χ4n) is 3.95. The lowest BCUT2D eigenvalue weighted by atomic mass is 10.0. The lowest BCUT2D eigenvalue weighted by Crippen LogP contribution is -2.36. The van der Waals surface area contributed by atoms with Crippen molar-refractivity contribution >= 4 is 0 Å². The number of hydrogen-bond donors (Lipinski definition) is 0. The van der Waals surface area contributed by atoms with E-state index in [-0.39, 0.29) is 9.36 Å². The summed E-state index contributed by atoms with van der Waals surface area (Å²) in [7, 11) is 1.28. The van der Waals surface area contributed by atoms with Gasteiger partial charge in [0.1, 0.15) is 11.4 Å². The maximum absolute atomic E-state index is 14.7. The number of ether oxygens (including phenoxy) is 2. The molecule has 2 atom stereocenters. The molecule has 18 heteroatoms. The summed E-state index contributed by atoms with van der Waals surface area (Å²) >= 11 is 0. The van der Waals surface area contributed by atoms with Crippen LogP contribution in [-0.4, -0.2) is 49.9 Å². The summed E-state index contributed by atoms with van der Waals surface area (Å²) < 4.78 is 172. The molecule has 0 radical (unpaired) electrons. The van der Waals surface area contributed by atoms with E-state index in [1.54, 1.807) is 0 Å². The minimum Gasteiger partial charge on any atom is -0.344 e. The molecule has 210 valence electrons. The van der Waals surface area contributed by atoms with Gasteiger partial charge in [-0.3, -0.25) is 9.36 Å². The molecule has 1 fully saturated rings. The molecule has 2 aromatic heterocycles. The van der Waals surface area contributed by atoms with Crippen LogP contribution in [0.5, 0.6) is 0 Å². The first-order valence-electron chi connectivity index (χ1n) is 10.2. The summed E-state index contributed by atoms with van der Waals surface area (Å²) in [6, 6.07) is 0. The molecule has 37 heavy (non-hydrogen) atoms. The number of alkyl halides is 10. The molecule has 0 unspecified atom stereocenters. The van der Waals surface area contributed by atoms with Gasteiger partial charge in [0.15, 0.2) is 28.8 Å². The van der Waals surface area contributed by atoms with E-state index in [2.05, 4.69) is 10.2 Å². The summed E-state index contributed by atoms with van der Waals surface area (Å²) in [4.78, 5) is 0. The van der Waals surface area contributed by atoms with Crippen LogP contribution >= 0.6 is 0 Å². The van der Waals surface area contributed by atoms with E-state index in [9.17, 15) is 52.7 Å². The van der Waals surface area contributed by atoms with Crippen molar-refractivity contribution in [3.8, 4) is 0 Å². The highest BCUT2D eigenvalue weighted by Gasteiger charge is 2.63. The van der Waals surface area contributed by atoms with Crippen LogP contribution in [0.3, 0.4) is 0 Å². The van der Waals surface area contributed by atoms with E-state index < -0.39 is 89.4 Å². The van der Waals surface area contributed by atoms with Crippen molar-refractivity contribution in [2.45, 2.75) is 68.9 Å². The molecule has 0 N–H and O–H groups in total. The largest absolute Gasteiger partial charge is 0.459 e. The van der Waals surface area contributed by atoms with E-state index in [0.29, 0.717) is 14.1 Å². The van der Waals surface area contributed by atoms with Crippen LogP contribution in [0.2, 0.25) is 0 Å². The van der Waals surface area contributed by atoms with E-state index in [1.807, 2.05) is 0 Å². The molecule has 0 amide bonds. The third-order valence-corrected chi connectivity index (χ3v) is 5.49. The van der Waals surface area contributed by atoms with Crippen molar-refractivity contribution in [2.75, 3.05) is 0 Å². The van der Waals surface area contributed by atoms with Gasteiger partial charge in [0.05, 0.1) is 12.2 Å². The zero-order valence-corrected chi connectivity index (χ0v) is 19.2. The van der Waals surface area contributed by atoms with Gasteiger partial charge in [-0.15, -0.1) is 0 Å². The summed E-state index contributed by atoms with van der Waals surface area (Å²) in [5.41, 5.74) is -5.99. The molecular formula is C19H18F12N4O2. The molecule has 3 rings (SSSR count). The normalized spacial score (nSPS) is 21.2. The Morgan fingerprint density at radius 1 is 0.676 bits per heavy atom. The highest BCUT2D eigenvalue weighted by molar-refractivity contribution is 5.23. The maximum atomic E-state index is 14.7. The highest BCUT2D eigenvalue weighted by Crippen LogP contribution is 2.46. The Bertz CT molecular complexity index is 1080. The van der Waals surface area contributed by atoms with Gasteiger partial charge in [0, 0.05) is 26.9 Å². The molecule has 0 aliphatic carbocycles. The van der Waals surface area contributed by atoms with Crippen molar-refractivity contribution in [1.29, 1.82) is 0 Å². The average Bonchev–Trinajstić information content (AvgIpc) is 3.24. The van der Waals surface area contributed by atoms with Crippen molar-refractivity contribution in [1.82, 2.24) is 19.6 Å². The van der Waals surface area contributed by atoms with Crippen molar-refractivity contribution < 1.29 is 62.2 Å². The van der Waals surface area contributed by atoms with Gasteiger partial charge in [-0.2, -0.15) is 54.1 Å². The van der Waals surface area contributed by atoms with Gasteiger partial charge in [0.25, 0.3) is 0 Å². The molecular weight excluding hydrogens is 544 g/mol. The topological polar surface area (TPSA) is 54.1 Å². The first-order chi connectivity index (χ1) is 16.5. The maximum Gasteiger partial charge on any atom is 0.459 e. The Morgan fingerprint density at radius 2 is 0.973 bits per heavy atom. The third kappa shape index (κ3) is 5.00. The first kappa shape index (κ1) is 29.1. The summed E-state index contributed by atoms with van der Waals surface area (Å²) in [5, 5.41) is 6.69. The van der Waals surface area contributed by atoms with Crippen LogP contribution in [-0.2, 0) is 48.3 Å². The van der Waals surface area contributed by atoms with Gasteiger partial charge >= 0.3 is 24.2 Å². The molecule has 1 saturated heterocycles. The Hall–Kier alpha value is -2.50. The Morgan fingerprint density at radius 3 is 1.24 bits per heavy atom. The average molecular weight is 562 g/mol. The summed E-state index contributed by atoms with van der Waals surface area (Å²) in [5.74, 6) is -16.8. The molecule has 1 aliphatic rings. The van der Waals surface area contributed by atoms with Gasteiger partial charge in [-0.1, -0.05) is 0 Å². The van der Waals surface area contributed by atoms with Crippen molar-refractivity contribution in [3.63, 3.8) is 0 Å². The van der Waals surface area contributed by atoms with Crippen LogP contribution < -0.4 is 0 Å². The van der Waals surface area contributed by atoms with E-state index >= 15 is 0 Å². The molecule has 0 spiro atoms. The zero-order chi connectivity index (χ0) is 28.5. The van der Waals surface area contributed by atoms with Crippen LogP contribution in [0.25, 0.3) is 0 Å².